The van der Waals surface area contributed by atoms with Crippen molar-refractivity contribution < 1.29 is 21.8 Å². The van der Waals surface area contributed by atoms with Gasteiger partial charge in [0.15, 0.2) is 0 Å². The molecule has 5 nitrogen and oxygen atoms in total. The minimum absolute atomic E-state index is 0. The second kappa shape index (κ2) is 15.6. The molecule has 8 heteroatoms. The molecule has 0 saturated carbocycles. The van der Waals surface area contributed by atoms with Crippen LogP contribution < -0.4 is 28.4 Å². The van der Waals surface area contributed by atoms with Gasteiger partial charge in [0.2, 0.25) is 6.33 Å². The third kappa shape index (κ3) is 18.2. The highest BCUT2D eigenvalue weighted by atomic mass is 35.5. The molecule has 2 amide bonds. The molecule has 0 spiro atoms. The highest BCUT2D eigenvalue weighted by Crippen LogP contribution is 1.91. The number of primary amides is 2. The molecule has 0 atom stereocenters. The first kappa shape index (κ1) is 25.4. The molecule has 0 aromatic carbocycles. The number of hydrogen-bond donors (Lipinski definition) is 2. The summed E-state index contributed by atoms with van der Waals surface area (Å²) in [5, 5.41) is 0. The average Bonchev–Trinajstić information content (AvgIpc) is 2.47. The van der Waals surface area contributed by atoms with Crippen molar-refractivity contribution in [1.29, 1.82) is 0 Å². The molecule has 0 aliphatic rings. The van der Waals surface area contributed by atoms with Gasteiger partial charge >= 0.3 is 6.03 Å². The van der Waals surface area contributed by atoms with Crippen LogP contribution in [0.25, 0.3) is 0 Å². The molecular formula is C9H20AlCl2N4O. The van der Waals surface area contributed by atoms with Crippen LogP contribution in [0.1, 0.15) is 19.8 Å². The number of aromatic nitrogens is 2. The standard InChI is InChI=1S/C8H15N2.CH4N2O.Al.2ClH/c1-3-4-5-10-7-6-9(2)8-10;2-1(3)4;;;/h6-8H,3-5H2,1-2H3;(H4,2,3,4);;2*1H/q+1;;;;/p-1. The molecule has 3 radical (unpaired) electrons. The van der Waals surface area contributed by atoms with Crippen molar-refractivity contribution in [2.75, 3.05) is 0 Å². The molecule has 0 bridgehead atoms. The number of nitrogens with two attached hydrogens (primary N) is 2. The first-order valence-corrected chi connectivity index (χ1v) is 4.62. The van der Waals surface area contributed by atoms with Gasteiger partial charge in [-0.15, -0.1) is 12.4 Å². The van der Waals surface area contributed by atoms with E-state index in [4.69, 9.17) is 4.79 Å². The number of nitrogens with zero attached hydrogens (tertiary/aromatic N) is 2. The van der Waals surface area contributed by atoms with E-state index in [0.717, 1.165) is 6.54 Å². The van der Waals surface area contributed by atoms with Crippen LogP contribution in [-0.2, 0) is 13.6 Å². The Morgan fingerprint density at radius 1 is 1.41 bits per heavy atom. The molecule has 17 heavy (non-hydrogen) atoms. The van der Waals surface area contributed by atoms with Crippen molar-refractivity contribution in [2.45, 2.75) is 26.3 Å². The summed E-state index contributed by atoms with van der Waals surface area (Å²) in [4.78, 5) is 9.00. The highest BCUT2D eigenvalue weighted by molar-refractivity contribution is 5.85. The zero-order valence-corrected chi connectivity index (χ0v) is 12.9. The number of aryl methyl sites for hydroxylation is 2. The Balaban J connectivity index is -0.000000108. The molecule has 0 unspecified atom stereocenters. The van der Waals surface area contributed by atoms with Gasteiger partial charge in [-0.2, -0.15) is 0 Å². The zero-order chi connectivity index (χ0) is 11.0. The van der Waals surface area contributed by atoms with Gasteiger partial charge in [-0.05, 0) is 6.42 Å². The summed E-state index contributed by atoms with van der Waals surface area (Å²) in [6, 6.07) is -0.833. The monoisotopic (exact) mass is 297 g/mol. The number of unbranched alkanes of at least 4 members (excludes halogenated alkanes) is 1. The van der Waals surface area contributed by atoms with E-state index in [9.17, 15) is 0 Å². The van der Waals surface area contributed by atoms with Crippen LogP contribution >= 0.6 is 12.4 Å². The van der Waals surface area contributed by atoms with Crippen molar-refractivity contribution in [2.24, 2.45) is 18.5 Å². The number of imidazole rings is 1. The summed E-state index contributed by atoms with van der Waals surface area (Å²) >= 11 is 0. The van der Waals surface area contributed by atoms with Gasteiger partial charge in [0, 0.05) is 17.4 Å². The minimum Gasteiger partial charge on any atom is -1.00 e. The SMILES string of the molecule is CCCCn1cc[n+](C)c1.Cl.NC(N)=O.[Al].[Cl-]. The Morgan fingerprint density at radius 3 is 2.18 bits per heavy atom. The molecule has 0 fully saturated rings. The first-order valence-electron chi connectivity index (χ1n) is 4.62. The Morgan fingerprint density at radius 2 is 1.88 bits per heavy atom. The van der Waals surface area contributed by atoms with Crippen LogP contribution in [0.3, 0.4) is 0 Å². The maximum Gasteiger partial charge on any atom is 0.309 e. The Hall–Kier alpha value is -0.408. The van der Waals surface area contributed by atoms with E-state index < -0.39 is 6.03 Å². The third-order valence-corrected chi connectivity index (χ3v) is 1.59. The van der Waals surface area contributed by atoms with E-state index in [1.54, 1.807) is 0 Å². The smallest absolute Gasteiger partial charge is 0.309 e. The Kier molecular flexibility index (Phi) is 23.3. The molecule has 0 aliphatic carbocycles. The van der Waals surface area contributed by atoms with Gasteiger partial charge < -0.3 is 23.9 Å². The topological polar surface area (TPSA) is 77.9 Å². The molecule has 0 saturated heterocycles. The van der Waals surface area contributed by atoms with Crippen molar-refractivity contribution in [3.05, 3.63) is 18.7 Å². The summed E-state index contributed by atoms with van der Waals surface area (Å²) in [6.07, 6.45) is 8.82. The number of amides is 2. The average molecular weight is 298 g/mol. The van der Waals surface area contributed by atoms with E-state index >= 15 is 0 Å². The largest absolute Gasteiger partial charge is 1.00 e. The summed E-state index contributed by atoms with van der Waals surface area (Å²) in [5.74, 6) is 0. The van der Waals surface area contributed by atoms with Crippen LogP contribution in [0, 0.1) is 0 Å². The lowest BCUT2D eigenvalue weighted by Crippen LogP contribution is -3.00. The molecule has 1 heterocycles. The molecule has 4 N–H and O–H groups in total. The number of carbonyl (C=O) groups is 1. The summed E-state index contributed by atoms with van der Waals surface area (Å²) in [5.41, 5.74) is 8.50. The van der Waals surface area contributed by atoms with E-state index in [-0.39, 0.29) is 42.2 Å². The summed E-state index contributed by atoms with van der Waals surface area (Å²) < 4.78 is 4.28. The van der Waals surface area contributed by atoms with E-state index in [1.807, 2.05) is 7.05 Å². The zero-order valence-electron chi connectivity index (χ0n) is 10.2. The van der Waals surface area contributed by atoms with Gasteiger partial charge in [0.25, 0.3) is 0 Å². The summed E-state index contributed by atoms with van der Waals surface area (Å²) in [6.45, 7) is 3.36. The van der Waals surface area contributed by atoms with Crippen LogP contribution in [0.2, 0.25) is 0 Å². The second-order valence-electron chi connectivity index (χ2n) is 3.07. The van der Waals surface area contributed by atoms with E-state index in [2.05, 4.69) is 46.2 Å². The maximum absolute atomic E-state index is 9.00. The van der Waals surface area contributed by atoms with Gasteiger partial charge in [-0.3, -0.25) is 0 Å². The Labute approximate surface area is 125 Å². The molecular weight excluding hydrogens is 278 g/mol. The predicted molar refractivity (Wildman–Crippen MR) is 67.3 cm³/mol. The van der Waals surface area contributed by atoms with Gasteiger partial charge in [-0.1, -0.05) is 13.3 Å². The highest BCUT2D eigenvalue weighted by Gasteiger charge is 1.96. The van der Waals surface area contributed by atoms with Gasteiger partial charge in [0.05, 0.1) is 13.6 Å². The van der Waals surface area contributed by atoms with Crippen molar-refractivity contribution in [3.8, 4) is 0 Å². The molecule has 1 aromatic heterocycles. The third-order valence-electron chi connectivity index (χ3n) is 1.59. The molecule has 1 rings (SSSR count). The van der Waals surface area contributed by atoms with Crippen LogP contribution in [0.15, 0.2) is 18.7 Å². The number of urea groups is 1. The maximum atomic E-state index is 9.00. The van der Waals surface area contributed by atoms with Gasteiger partial charge in [-0.25, -0.2) is 13.9 Å². The van der Waals surface area contributed by atoms with Gasteiger partial charge in [0.1, 0.15) is 12.4 Å². The quantitative estimate of drug-likeness (QED) is 0.458. The lowest BCUT2D eigenvalue weighted by atomic mass is 10.3. The fourth-order valence-corrected chi connectivity index (χ4v) is 0.975. The van der Waals surface area contributed by atoms with E-state index in [0.29, 0.717) is 0 Å². The number of rotatable bonds is 3. The Bertz CT molecular complexity index is 280. The summed E-state index contributed by atoms with van der Waals surface area (Å²) in [7, 11) is 2.04. The van der Waals surface area contributed by atoms with Crippen LogP contribution in [0.5, 0.6) is 0 Å². The normalized spacial score (nSPS) is 7.41. The molecule has 99 valence electrons. The van der Waals surface area contributed by atoms with Crippen molar-refractivity contribution >= 4 is 35.8 Å². The number of halogens is 2. The second-order valence-corrected chi connectivity index (χ2v) is 3.07. The van der Waals surface area contributed by atoms with E-state index in [1.165, 1.54) is 12.8 Å². The van der Waals surface area contributed by atoms with Crippen molar-refractivity contribution in [1.82, 2.24) is 4.57 Å². The lowest BCUT2D eigenvalue weighted by molar-refractivity contribution is -0.671. The minimum atomic E-state index is -0.833. The van der Waals surface area contributed by atoms with Crippen LogP contribution in [-0.4, -0.2) is 28.0 Å². The number of hydrogen-bond acceptors (Lipinski definition) is 1. The lowest BCUT2D eigenvalue weighted by Gasteiger charge is -1.90. The first-order chi connectivity index (χ1) is 6.56. The fraction of sp³-hybridized carbons (Fsp3) is 0.556. The van der Waals surface area contributed by atoms with Crippen LogP contribution in [0.4, 0.5) is 4.79 Å². The molecule has 1 aromatic rings. The van der Waals surface area contributed by atoms with Crippen molar-refractivity contribution in [3.63, 3.8) is 0 Å². The predicted octanol–water partition coefficient (Wildman–Crippen LogP) is -2.82. The number of carbonyl (C=O) groups excluding carboxylic acids is 1. The fourth-order valence-electron chi connectivity index (χ4n) is 0.975. The molecule has 0 aliphatic heterocycles.